The summed E-state index contributed by atoms with van der Waals surface area (Å²) < 4.78 is 4.86. The highest BCUT2D eigenvalue weighted by Crippen LogP contribution is 2.28. The maximum atomic E-state index is 7.63. The Hall–Kier alpha value is -1.58. The molecule has 0 rings (SSSR count). The second-order valence-corrected chi connectivity index (χ2v) is 5.02. The number of aliphatic imine (C=N–C) groups is 1. The van der Waals surface area contributed by atoms with Gasteiger partial charge in [-0.1, -0.05) is 26.8 Å². The molecule has 0 aromatic carbocycles. The van der Waals surface area contributed by atoms with Gasteiger partial charge < -0.3 is 10.5 Å². The lowest BCUT2D eigenvalue weighted by molar-refractivity contribution is 0.330. The summed E-state index contributed by atoms with van der Waals surface area (Å²) in [6.45, 7) is 12.2. The second-order valence-electron chi connectivity index (χ2n) is 5.02. The van der Waals surface area contributed by atoms with Gasteiger partial charge in [-0.05, 0) is 31.1 Å². The first-order valence-corrected chi connectivity index (χ1v) is 6.61. The molecule has 0 radical (unpaired) electrons. The minimum Gasteiger partial charge on any atom is -0.480 e. The molecule has 0 spiro atoms. The van der Waals surface area contributed by atoms with Crippen LogP contribution in [0.2, 0.25) is 0 Å². The van der Waals surface area contributed by atoms with Gasteiger partial charge in [-0.2, -0.15) is 0 Å². The normalized spacial score (nSPS) is 16.1. The number of hydrogen-bond acceptors (Lipinski definition) is 4. The lowest BCUT2D eigenvalue weighted by atomic mass is 9.82. The third-order valence-corrected chi connectivity index (χ3v) is 3.26. The molecule has 0 fully saturated rings. The zero-order chi connectivity index (χ0) is 15.0. The summed E-state index contributed by atoms with van der Waals surface area (Å²) in [5.41, 5.74) is 6.92. The number of nitrogens with two attached hydrogens (primary N) is 1. The standard InChI is InChI=1S/C15H27N3O/c1-7-12(10(3)4)11(5)9-13(18-8-2)14(16)15(17)19-6/h7-8,10-12,17H,1,9,16H2,2-6H3/b14-13+,17-15?,18-8?. The number of methoxy groups -OCH3 is 1. The van der Waals surface area contributed by atoms with Crippen LogP contribution in [0.15, 0.2) is 29.0 Å². The highest BCUT2D eigenvalue weighted by atomic mass is 16.5. The molecule has 0 aliphatic carbocycles. The van der Waals surface area contributed by atoms with E-state index in [1.54, 1.807) is 6.21 Å². The van der Waals surface area contributed by atoms with E-state index in [0.29, 0.717) is 35.6 Å². The largest absolute Gasteiger partial charge is 0.480 e. The molecule has 0 aromatic rings. The Bertz CT molecular complexity index is 370. The van der Waals surface area contributed by atoms with Crippen LogP contribution in [0.1, 0.15) is 34.1 Å². The zero-order valence-electron chi connectivity index (χ0n) is 12.7. The minimum atomic E-state index is -0.0347. The molecule has 0 bridgehead atoms. The molecule has 0 heterocycles. The first kappa shape index (κ1) is 17.4. The Balaban J connectivity index is 5.15. The maximum Gasteiger partial charge on any atom is 0.231 e. The SMILES string of the molecule is C=CC(C(C)C)C(C)C/C(N=CC)=C(\N)C(=N)OC. The van der Waals surface area contributed by atoms with Gasteiger partial charge in [-0.15, -0.1) is 6.58 Å². The Morgan fingerprint density at radius 1 is 1.42 bits per heavy atom. The number of nitrogens with one attached hydrogen (secondary N) is 1. The average Bonchev–Trinajstić information content (AvgIpc) is 2.36. The van der Waals surface area contributed by atoms with Crippen molar-refractivity contribution in [3.63, 3.8) is 0 Å². The monoisotopic (exact) mass is 265 g/mol. The molecule has 3 N–H and O–H groups in total. The van der Waals surface area contributed by atoms with Gasteiger partial charge in [0, 0.05) is 6.21 Å². The van der Waals surface area contributed by atoms with Crippen molar-refractivity contribution >= 4 is 12.1 Å². The second kappa shape index (κ2) is 8.51. The molecule has 0 aromatic heterocycles. The summed E-state index contributed by atoms with van der Waals surface area (Å²) in [6, 6.07) is 0. The molecule has 0 saturated carbocycles. The quantitative estimate of drug-likeness (QED) is 0.421. The maximum absolute atomic E-state index is 7.63. The number of hydrogen-bond donors (Lipinski definition) is 2. The van der Waals surface area contributed by atoms with Crippen molar-refractivity contribution in [2.45, 2.75) is 34.1 Å². The summed E-state index contributed by atoms with van der Waals surface area (Å²) in [7, 11) is 1.44. The van der Waals surface area contributed by atoms with Gasteiger partial charge in [0.1, 0.15) is 5.70 Å². The van der Waals surface area contributed by atoms with Crippen LogP contribution >= 0.6 is 0 Å². The van der Waals surface area contributed by atoms with E-state index in [-0.39, 0.29) is 5.90 Å². The van der Waals surface area contributed by atoms with Gasteiger partial charge in [0.25, 0.3) is 0 Å². The fourth-order valence-corrected chi connectivity index (χ4v) is 2.23. The molecule has 0 saturated heterocycles. The van der Waals surface area contributed by atoms with Gasteiger partial charge >= 0.3 is 0 Å². The Morgan fingerprint density at radius 3 is 2.37 bits per heavy atom. The number of rotatable bonds is 7. The van der Waals surface area contributed by atoms with E-state index in [1.165, 1.54) is 7.11 Å². The first-order valence-electron chi connectivity index (χ1n) is 6.61. The number of ether oxygens (including phenoxy) is 1. The van der Waals surface area contributed by atoms with Crippen LogP contribution < -0.4 is 5.73 Å². The third kappa shape index (κ3) is 5.28. The van der Waals surface area contributed by atoms with Crippen LogP contribution in [-0.4, -0.2) is 19.2 Å². The molecule has 0 aliphatic heterocycles. The molecule has 4 nitrogen and oxygen atoms in total. The van der Waals surface area contributed by atoms with Crippen LogP contribution in [0.5, 0.6) is 0 Å². The minimum absolute atomic E-state index is 0.0347. The van der Waals surface area contributed by atoms with Crippen LogP contribution in [0.25, 0.3) is 0 Å². The van der Waals surface area contributed by atoms with Crippen LogP contribution in [-0.2, 0) is 4.74 Å². The molecule has 2 unspecified atom stereocenters. The van der Waals surface area contributed by atoms with Crippen molar-refractivity contribution in [1.29, 1.82) is 5.41 Å². The van der Waals surface area contributed by atoms with Gasteiger partial charge in [0.05, 0.1) is 12.8 Å². The van der Waals surface area contributed by atoms with Crippen molar-refractivity contribution in [3.05, 3.63) is 24.0 Å². The Morgan fingerprint density at radius 2 is 2.00 bits per heavy atom. The smallest absolute Gasteiger partial charge is 0.231 e. The summed E-state index contributed by atoms with van der Waals surface area (Å²) in [5.74, 6) is 1.24. The van der Waals surface area contributed by atoms with Crippen LogP contribution in [0.3, 0.4) is 0 Å². The number of allylic oxidation sites excluding steroid dienone is 2. The summed E-state index contributed by atoms with van der Waals surface area (Å²) in [6.07, 6.45) is 4.38. The van der Waals surface area contributed by atoms with Gasteiger partial charge in [0.2, 0.25) is 5.90 Å². The van der Waals surface area contributed by atoms with E-state index in [0.717, 1.165) is 0 Å². The molecular weight excluding hydrogens is 238 g/mol. The van der Waals surface area contributed by atoms with E-state index in [2.05, 4.69) is 32.3 Å². The lowest BCUT2D eigenvalue weighted by Gasteiger charge is -2.24. The van der Waals surface area contributed by atoms with E-state index >= 15 is 0 Å². The van der Waals surface area contributed by atoms with E-state index in [9.17, 15) is 0 Å². The van der Waals surface area contributed by atoms with Crippen LogP contribution in [0, 0.1) is 23.2 Å². The van der Waals surface area contributed by atoms with Crippen molar-refractivity contribution in [2.75, 3.05) is 7.11 Å². The fraction of sp³-hybridized carbons (Fsp3) is 0.600. The molecule has 0 amide bonds. The van der Waals surface area contributed by atoms with Gasteiger partial charge in [-0.3, -0.25) is 10.4 Å². The fourth-order valence-electron chi connectivity index (χ4n) is 2.23. The van der Waals surface area contributed by atoms with Crippen molar-refractivity contribution in [3.8, 4) is 0 Å². The predicted molar refractivity (Wildman–Crippen MR) is 82.4 cm³/mol. The van der Waals surface area contributed by atoms with Gasteiger partial charge in [0.15, 0.2) is 0 Å². The third-order valence-electron chi connectivity index (χ3n) is 3.26. The Labute approximate surface area is 117 Å². The zero-order valence-corrected chi connectivity index (χ0v) is 12.7. The van der Waals surface area contributed by atoms with Crippen molar-refractivity contribution < 1.29 is 4.74 Å². The number of nitrogens with zero attached hydrogens (tertiary/aromatic N) is 1. The van der Waals surface area contributed by atoms with Crippen molar-refractivity contribution in [1.82, 2.24) is 0 Å². The van der Waals surface area contributed by atoms with Gasteiger partial charge in [-0.25, -0.2) is 0 Å². The molecule has 0 aliphatic rings. The molecule has 2 atom stereocenters. The highest BCUT2D eigenvalue weighted by Gasteiger charge is 2.20. The summed E-state index contributed by atoms with van der Waals surface area (Å²) in [5, 5.41) is 7.63. The summed E-state index contributed by atoms with van der Waals surface area (Å²) in [4.78, 5) is 4.28. The predicted octanol–water partition coefficient (Wildman–Crippen LogP) is 3.36. The van der Waals surface area contributed by atoms with Crippen LogP contribution in [0.4, 0.5) is 0 Å². The molecule has 108 valence electrons. The first-order chi connectivity index (χ1) is 8.88. The van der Waals surface area contributed by atoms with E-state index in [1.807, 2.05) is 13.0 Å². The van der Waals surface area contributed by atoms with Crippen molar-refractivity contribution in [2.24, 2.45) is 28.5 Å². The van der Waals surface area contributed by atoms with E-state index < -0.39 is 0 Å². The highest BCUT2D eigenvalue weighted by molar-refractivity contribution is 5.90. The summed E-state index contributed by atoms with van der Waals surface area (Å²) >= 11 is 0. The molecular formula is C15H27N3O. The molecule has 4 heteroatoms. The van der Waals surface area contributed by atoms with E-state index in [4.69, 9.17) is 15.9 Å². The average molecular weight is 265 g/mol. The Kier molecular flexibility index (Phi) is 7.80. The molecule has 19 heavy (non-hydrogen) atoms. The lowest BCUT2D eigenvalue weighted by Crippen LogP contribution is -2.19. The topological polar surface area (TPSA) is 71.5 Å².